The molecule has 0 bridgehead atoms. The van der Waals surface area contributed by atoms with Gasteiger partial charge in [0.2, 0.25) is 0 Å². The van der Waals surface area contributed by atoms with Crippen LogP contribution < -0.4 is 5.32 Å². The fraction of sp³-hybridized carbons (Fsp3) is 0.846. The van der Waals surface area contributed by atoms with Crippen LogP contribution >= 0.6 is 0 Å². The zero-order valence-electron chi connectivity index (χ0n) is 10.6. The number of rotatable bonds is 7. The van der Waals surface area contributed by atoms with E-state index in [2.05, 4.69) is 46.0 Å². The molecule has 1 heteroatoms. The van der Waals surface area contributed by atoms with E-state index < -0.39 is 0 Å². The van der Waals surface area contributed by atoms with Crippen molar-refractivity contribution in [3.8, 4) is 0 Å². The second-order valence-corrected chi connectivity index (χ2v) is 4.36. The zero-order valence-corrected chi connectivity index (χ0v) is 10.6. The highest BCUT2D eigenvalue weighted by Gasteiger charge is 2.04. The molecular formula is C13H27N. The topological polar surface area (TPSA) is 12.0 Å². The second-order valence-electron chi connectivity index (χ2n) is 4.36. The Morgan fingerprint density at radius 3 is 2.21 bits per heavy atom. The minimum Gasteiger partial charge on any atom is -0.314 e. The third-order valence-corrected chi connectivity index (χ3v) is 2.79. The van der Waals surface area contributed by atoms with Gasteiger partial charge in [0.05, 0.1) is 0 Å². The fourth-order valence-electron chi connectivity index (χ4n) is 1.77. The van der Waals surface area contributed by atoms with E-state index in [1.54, 1.807) is 5.57 Å². The van der Waals surface area contributed by atoms with Crippen molar-refractivity contribution in [1.29, 1.82) is 0 Å². The Kier molecular flexibility index (Phi) is 7.87. The van der Waals surface area contributed by atoms with Crippen LogP contribution in [0.4, 0.5) is 0 Å². The zero-order chi connectivity index (χ0) is 11.0. The van der Waals surface area contributed by atoms with E-state index in [1.165, 1.54) is 19.3 Å². The maximum Gasteiger partial charge on any atom is 0.00105 e. The number of hydrogen-bond donors (Lipinski definition) is 1. The van der Waals surface area contributed by atoms with Gasteiger partial charge in [0, 0.05) is 6.04 Å². The molecule has 0 unspecified atom stereocenters. The molecule has 0 radical (unpaired) electrons. The maximum atomic E-state index is 3.43. The first kappa shape index (κ1) is 13.7. The first-order chi connectivity index (χ1) is 6.61. The molecule has 84 valence electrons. The molecule has 0 aromatic rings. The summed E-state index contributed by atoms with van der Waals surface area (Å²) < 4.78 is 0. The Morgan fingerprint density at radius 1 is 1.21 bits per heavy atom. The Morgan fingerprint density at radius 2 is 1.79 bits per heavy atom. The second kappa shape index (κ2) is 8.05. The normalized spacial score (nSPS) is 12.9. The predicted octanol–water partition coefficient (Wildman–Crippen LogP) is 3.76. The van der Waals surface area contributed by atoms with Crippen LogP contribution in [-0.4, -0.2) is 12.6 Å². The van der Waals surface area contributed by atoms with E-state index in [-0.39, 0.29) is 0 Å². The van der Waals surface area contributed by atoms with Gasteiger partial charge in [0.1, 0.15) is 0 Å². The van der Waals surface area contributed by atoms with Crippen LogP contribution in [0, 0.1) is 5.92 Å². The molecule has 0 spiro atoms. The lowest BCUT2D eigenvalue weighted by Gasteiger charge is -2.13. The van der Waals surface area contributed by atoms with Crippen molar-refractivity contribution in [1.82, 2.24) is 5.32 Å². The molecule has 0 saturated heterocycles. The van der Waals surface area contributed by atoms with Gasteiger partial charge in [0.15, 0.2) is 0 Å². The van der Waals surface area contributed by atoms with E-state index in [0.717, 1.165) is 12.5 Å². The van der Waals surface area contributed by atoms with Gasteiger partial charge < -0.3 is 5.32 Å². The number of allylic oxidation sites excluding steroid dienone is 1. The van der Waals surface area contributed by atoms with Crippen molar-refractivity contribution in [3.63, 3.8) is 0 Å². The molecule has 0 aromatic carbocycles. The van der Waals surface area contributed by atoms with E-state index in [0.29, 0.717) is 6.04 Å². The maximum absolute atomic E-state index is 3.43. The molecule has 0 aliphatic rings. The molecule has 0 aromatic heterocycles. The van der Waals surface area contributed by atoms with Crippen molar-refractivity contribution >= 4 is 0 Å². The molecular weight excluding hydrogens is 170 g/mol. The van der Waals surface area contributed by atoms with E-state index >= 15 is 0 Å². The standard InChI is InChI=1S/C13H27N/c1-6-13(7-2)12(5)9-8-10-14-11(3)4/h9,11,13-14H,6-8,10H2,1-5H3. The summed E-state index contributed by atoms with van der Waals surface area (Å²) in [5, 5.41) is 3.43. The predicted molar refractivity (Wildman–Crippen MR) is 65.6 cm³/mol. The smallest absolute Gasteiger partial charge is 0.00105 e. The van der Waals surface area contributed by atoms with Gasteiger partial charge in [-0.05, 0) is 38.6 Å². The fourth-order valence-corrected chi connectivity index (χ4v) is 1.77. The molecule has 0 aliphatic carbocycles. The Balaban J connectivity index is 3.75. The summed E-state index contributed by atoms with van der Waals surface area (Å²) in [5.41, 5.74) is 1.57. The first-order valence-electron chi connectivity index (χ1n) is 6.01. The number of nitrogens with one attached hydrogen (secondary N) is 1. The average molecular weight is 197 g/mol. The molecule has 0 amide bonds. The van der Waals surface area contributed by atoms with Crippen molar-refractivity contribution in [2.45, 2.75) is 59.9 Å². The van der Waals surface area contributed by atoms with Crippen LogP contribution in [0.2, 0.25) is 0 Å². The Bertz CT molecular complexity index is 155. The largest absolute Gasteiger partial charge is 0.314 e. The molecule has 0 rings (SSSR count). The van der Waals surface area contributed by atoms with Crippen LogP contribution in [0.1, 0.15) is 53.9 Å². The lowest BCUT2D eigenvalue weighted by Crippen LogP contribution is -2.23. The third-order valence-electron chi connectivity index (χ3n) is 2.79. The highest BCUT2D eigenvalue weighted by molar-refractivity contribution is 5.02. The van der Waals surface area contributed by atoms with Gasteiger partial charge in [-0.3, -0.25) is 0 Å². The van der Waals surface area contributed by atoms with E-state index in [9.17, 15) is 0 Å². The van der Waals surface area contributed by atoms with E-state index in [4.69, 9.17) is 0 Å². The van der Waals surface area contributed by atoms with Gasteiger partial charge in [-0.25, -0.2) is 0 Å². The Hall–Kier alpha value is -0.300. The lowest BCUT2D eigenvalue weighted by molar-refractivity contribution is 0.562. The molecule has 1 N–H and O–H groups in total. The highest BCUT2D eigenvalue weighted by Crippen LogP contribution is 2.18. The third kappa shape index (κ3) is 6.20. The van der Waals surface area contributed by atoms with Gasteiger partial charge in [0.25, 0.3) is 0 Å². The molecule has 0 atom stereocenters. The summed E-state index contributed by atoms with van der Waals surface area (Å²) in [6.45, 7) is 12.3. The summed E-state index contributed by atoms with van der Waals surface area (Å²) in [7, 11) is 0. The van der Waals surface area contributed by atoms with Crippen LogP contribution in [0.5, 0.6) is 0 Å². The van der Waals surface area contributed by atoms with Crippen LogP contribution in [0.15, 0.2) is 11.6 Å². The van der Waals surface area contributed by atoms with Crippen LogP contribution in [0.3, 0.4) is 0 Å². The van der Waals surface area contributed by atoms with Crippen molar-refractivity contribution in [2.24, 2.45) is 5.92 Å². The number of hydrogen-bond acceptors (Lipinski definition) is 1. The monoisotopic (exact) mass is 197 g/mol. The summed E-state index contributed by atoms with van der Waals surface area (Å²) in [5.74, 6) is 0.800. The minimum absolute atomic E-state index is 0.608. The van der Waals surface area contributed by atoms with Crippen molar-refractivity contribution in [2.75, 3.05) is 6.54 Å². The molecule has 0 fully saturated rings. The molecule has 0 saturated carbocycles. The quantitative estimate of drug-likeness (QED) is 0.484. The molecule has 0 heterocycles. The van der Waals surface area contributed by atoms with Gasteiger partial charge in [-0.1, -0.05) is 39.3 Å². The lowest BCUT2D eigenvalue weighted by atomic mass is 9.94. The summed E-state index contributed by atoms with van der Waals surface area (Å²) in [4.78, 5) is 0. The molecule has 0 aliphatic heterocycles. The van der Waals surface area contributed by atoms with Crippen LogP contribution in [0.25, 0.3) is 0 Å². The van der Waals surface area contributed by atoms with Crippen molar-refractivity contribution < 1.29 is 0 Å². The average Bonchev–Trinajstić information content (AvgIpc) is 2.14. The van der Waals surface area contributed by atoms with E-state index in [1.807, 2.05) is 0 Å². The summed E-state index contributed by atoms with van der Waals surface area (Å²) in [6, 6.07) is 0.608. The molecule has 1 nitrogen and oxygen atoms in total. The molecule has 14 heavy (non-hydrogen) atoms. The highest BCUT2D eigenvalue weighted by atomic mass is 14.9. The summed E-state index contributed by atoms with van der Waals surface area (Å²) >= 11 is 0. The van der Waals surface area contributed by atoms with Crippen molar-refractivity contribution in [3.05, 3.63) is 11.6 Å². The SMILES string of the molecule is CCC(CC)C(C)=CCCNC(C)C. The van der Waals surface area contributed by atoms with Crippen LogP contribution in [-0.2, 0) is 0 Å². The minimum atomic E-state index is 0.608. The van der Waals surface area contributed by atoms with Gasteiger partial charge in [-0.2, -0.15) is 0 Å². The van der Waals surface area contributed by atoms with Gasteiger partial charge >= 0.3 is 0 Å². The Labute approximate surface area is 90.0 Å². The first-order valence-corrected chi connectivity index (χ1v) is 6.01. The van der Waals surface area contributed by atoms with Gasteiger partial charge in [-0.15, -0.1) is 0 Å². The summed E-state index contributed by atoms with van der Waals surface area (Å²) in [6.07, 6.45) is 6.11.